The fourth-order valence-corrected chi connectivity index (χ4v) is 2.72. The number of hydrogen-bond acceptors (Lipinski definition) is 4. The van der Waals surface area contributed by atoms with Crippen molar-refractivity contribution in [3.8, 4) is 23.7 Å². The number of para-hydroxylation sites is 1. The zero-order valence-corrected chi connectivity index (χ0v) is 15.0. The lowest BCUT2D eigenvalue weighted by atomic mass is 10.2. The number of nitrogens with zero attached hydrogens (tertiary/aromatic N) is 4. The molecule has 0 saturated carbocycles. The van der Waals surface area contributed by atoms with Gasteiger partial charge in [-0.15, -0.1) is 12.3 Å². The maximum atomic E-state index is 5.28. The summed E-state index contributed by atoms with van der Waals surface area (Å²) in [4.78, 5) is 9.48. The Labute approximate surface area is 154 Å². The van der Waals surface area contributed by atoms with Crippen LogP contribution in [-0.4, -0.2) is 23.2 Å². The Morgan fingerprint density at radius 3 is 2.62 bits per heavy atom. The predicted octanol–water partition coefficient (Wildman–Crippen LogP) is 4.91. The number of aromatic nitrogens is 2. The third-order valence-corrected chi connectivity index (χ3v) is 4.08. The van der Waals surface area contributed by atoms with Crippen molar-refractivity contribution in [3.63, 3.8) is 0 Å². The zero-order chi connectivity index (χ0) is 18.2. The molecule has 4 nitrogen and oxygen atoms in total. The van der Waals surface area contributed by atoms with Gasteiger partial charge in [-0.05, 0) is 31.4 Å². The molecule has 26 heavy (non-hydrogen) atoms. The Bertz CT molecular complexity index is 926. The second-order valence-electron chi connectivity index (χ2n) is 6.03. The Morgan fingerprint density at radius 1 is 1.04 bits per heavy atom. The monoisotopic (exact) mass is 342 g/mol. The first kappa shape index (κ1) is 17.6. The van der Waals surface area contributed by atoms with Crippen LogP contribution in [0.2, 0.25) is 0 Å². The molecular weight excluding hydrogens is 320 g/mol. The summed E-state index contributed by atoms with van der Waals surface area (Å²) >= 11 is 0. The highest BCUT2D eigenvalue weighted by molar-refractivity contribution is 5.91. The minimum absolute atomic E-state index is 0.704. The number of terminal acetylenes is 1. The molecule has 3 aromatic rings. The van der Waals surface area contributed by atoms with Gasteiger partial charge >= 0.3 is 0 Å². The van der Waals surface area contributed by atoms with Crippen molar-refractivity contribution in [2.75, 3.05) is 12.1 Å². The van der Waals surface area contributed by atoms with Crippen molar-refractivity contribution >= 4 is 22.9 Å². The van der Waals surface area contributed by atoms with Crippen LogP contribution in [0, 0.1) is 12.3 Å². The summed E-state index contributed by atoms with van der Waals surface area (Å²) in [5.74, 6) is 4.17. The summed E-state index contributed by atoms with van der Waals surface area (Å²) in [6, 6.07) is 18.0. The van der Waals surface area contributed by atoms with Gasteiger partial charge in [0.05, 0.1) is 5.52 Å². The molecule has 0 unspecified atom stereocenters. The van der Waals surface area contributed by atoms with E-state index < -0.39 is 0 Å². The van der Waals surface area contributed by atoms with Gasteiger partial charge in [0.2, 0.25) is 0 Å². The molecule has 0 aliphatic heterocycles. The smallest absolute Gasteiger partial charge is 0.162 e. The van der Waals surface area contributed by atoms with E-state index in [1.807, 2.05) is 72.9 Å². The van der Waals surface area contributed by atoms with Crippen molar-refractivity contribution in [1.82, 2.24) is 9.97 Å². The van der Waals surface area contributed by atoms with Crippen LogP contribution in [0.5, 0.6) is 0 Å². The highest BCUT2D eigenvalue weighted by atomic mass is 15.5. The number of benzene rings is 2. The van der Waals surface area contributed by atoms with Crippen LogP contribution < -0.4 is 5.01 Å². The number of hydrazone groups is 1. The van der Waals surface area contributed by atoms with E-state index in [-0.39, 0.29) is 0 Å². The van der Waals surface area contributed by atoms with Crippen LogP contribution in [0.25, 0.3) is 22.3 Å². The second kappa shape index (κ2) is 8.77. The summed E-state index contributed by atoms with van der Waals surface area (Å²) in [6.45, 7) is 0. The Morgan fingerprint density at radius 2 is 1.81 bits per heavy atom. The van der Waals surface area contributed by atoms with Crippen molar-refractivity contribution in [2.45, 2.75) is 25.7 Å². The lowest BCUT2D eigenvalue weighted by Crippen LogP contribution is -2.12. The molecule has 1 aromatic heterocycles. The van der Waals surface area contributed by atoms with Gasteiger partial charge in [0.15, 0.2) is 11.6 Å². The van der Waals surface area contributed by atoms with Crippen molar-refractivity contribution in [2.24, 2.45) is 5.10 Å². The summed E-state index contributed by atoms with van der Waals surface area (Å²) in [7, 11) is 1.92. The summed E-state index contributed by atoms with van der Waals surface area (Å²) in [5.41, 5.74) is 1.90. The minimum Gasteiger partial charge on any atom is -0.251 e. The molecule has 0 bridgehead atoms. The van der Waals surface area contributed by atoms with E-state index in [2.05, 4.69) is 11.0 Å². The largest absolute Gasteiger partial charge is 0.251 e. The molecule has 0 spiro atoms. The Balaban J connectivity index is 1.89. The van der Waals surface area contributed by atoms with E-state index in [0.29, 0.717) is 5.82 Å². The molecule has 0 atom stereocenters. The molecule has 1 heterocycles. The lowest BCUT2D eigenvalue weighted by molar-refractivity contribution is 0.791. The average Bonchev–Trinajstić information content (AvgIpc) is 2.70. The minimum atomic E-state index is 0.704. The summed E-state index contributed by atoms with van der Waals surface area (Å²) in [6.07, 6.45) is 11.0. The maximum Gasteiger partial charge on any atom is 0.162 e. The van der Waals surface area contributed by atoms with Gasteiger partial charge in [0, 0.05) is 30.6 Å². The quantitative estimate of drug-likeness (QED) is 0.265. The molecule has 0 N–H and O–H groups in total. The average molecular weight is 342 g/mol. The molecule has 0 aliphatic carbocycles. The maximum absolute atomic E-state index is 5.28. The van der Waals surface area contributed by atoms with Crippen molar-refractivity contribution < 1.29 is 0 Å². The SMILES string of the molecule is C#CCCCC/C=N/N(C)c1nc(-c2ccccc2)nc2ccccc12. The van der Waals surface area contributed by atoms with Crippen LogP contribution in [0.15, 0.2) is 59.7 Å². The Kier molecular flexibility index (Phi) is 5.95. The number of rotatable bonds is 7. The number of hydrogen-bond donors (Lipinski definition) is 0. The van der Waals surface area contributed by atoms with Gasteiger partial charge in [-0.2, -0.15) is 5.10 Å². The van der Waals surface area contributed by atoms with Gasteiger partial charge in [0.25, 0.3) is 0 Å². The van der Waals surface area contributed by atoms with E-state index in [1.165, 1.54) is 0 Å². The van der Waals surface area contributed by atoms with Crippen LogP contribution in [-0.2, 0) is 0 Å². The molecule has 130 valence electrons. The molecule has 4 heteroatoms. The molecule has 0 radical (unpaired) electrons. The highest BCUT2D eigenvalue weighted by Gasteiger charge is 2.11. The van der Waals surface area contributed by atoms with Gasteiger partial charge in [-0.1, -0.05) is 42.5 Å². The van der Waals surface area contributed by atoms with E-state index in [9.17, 15) is 0 Å². The summed E-state index contributed by atoms with van der Waals surface area (Å²) in [5, 5.41) is 7.35. The van der Waals surface area contributed by atoms with Crippen LogP contribution in [0.4, 0.5) is 5.82 Å². The van der Waals surface area contributed by atoms with E-state index in [0.717, 1.165) is 48.0 Å². The van der Waals surface area contributed by atoms with E-state index in [1.54, 1.807) is 0 Å². The van der Waals surface area contributed by atoms with E-state index >= 15 is 0 Å². The van der Waals surface area contributed by atoms with Gasteiger partial charge in [-0.25, -0.2) is 9.97 Å². The standard InChI is InChI=1S/C22H22N4/c1-3-4-5-6-12-17-23-26(2)22-19-15-10-11-16-20(19)24-21(25-22)18-13-8-7-9-14-18/h1,7-11,13-17H,4-6,12H2,2H3/b23-17+. The third kappa shape index (κ3) is 4.25. The first-order valence-electron chi connectivity index (χ1n) is 8.81. The molecule has 0 saturated heterocycles. The third-order valence-electron chi connectivity index (χ3n) is 4.08. The number of fused-ring (bicyclic) bond motifs is 1. The summed E-state index contributed by atoms with van der Waals surface area (Å²) < 4.78 is 0. The fraction of sp³-hybridized carbons (Fsp3) is 0.227. The molecule has 0 fully saturated rings. The second-order valence-corrected chi connectivity index (χ2v) is 6.03. The first-order valence-corrected chi connectivity index (χ1v) is 8.81. The van der Waals surface area contributed by atoms with Crippen molar-refractivity contribution in [1.29, 1.82) is 0 Å². The van der Waals surface area contributed by atoms with E-state index in [4.69, 9.17) is 16.4 Å². The van der Waals surface area contributed by atoms with Crippen molar-refractivity contribution in [3.05, 3.63) is 54.6 Å². The lowest BCUT2D eigenvalue weighted by Gasteiger charge is -2.15. The zero-order valence-electron chi connectivity index (χ0n) is 15.0. The molecule has 2 aromatic carbocycles. The van der Waals surface area contributed by atoms with Crippen LogP contribution >= 0.6 is 0 Å². The predicted molar refractivity (Wildman–Crippen MR) is 109 cm³/mol. The van der Waals surface area contributed by atoms with Gasteiger partial charge < -0.3 is 0 Å². The molecule has 0 amide bonds. The topological polar surface area (TPSA) is 41.4 Å². The number of unbranched alkanes of at least 4 members (excludes halogenated alkanes) is 3. The molecule has 3 rings (SSSR count). The van der Waals surface area contributed by atoms with Crippen LogP contribution in [0.1, 0.15) is 25.7 Å². The van der Waals surface area contributed by atoms with Gasteiger partial charge in [-0.3, -0.25) is 5.01 Å². The number of anilines is 1. The molecule has 0 aliphatic rings. The van der Waals surface area contributed by atoms with Gasteiger partial charge in [0.1, 0.15) is 0 Å². The normalized spacial score (nSPS) is 10.9. The van der Waals surface area contributed by atoms with Crippen LogP contribution in [0.3, 0.4) is 0 Å². The first-order chi connectivity index (χ1) is 12.8. The Hall–Kier alpha value is -3.19. The molecular formula is C22H22N4. The highest BCUT2D eigenvalue weighted by Crippen LogP contribution is 2.26. The fourth-order valence-electron chi connectivity index (χ4n) is 2.72.